The molecule has 0 saturated carbocycles. The molecule has 2 aromatic carbocycles. The first-order valence-electron chi connectivity index (χ1n) is 13.1. The molecule has 5 rings (SSSR count). The van der Waals surface area contributed by atoms with Crippen molar-refractivity contribution in [2.45, 2.75) is 25.9 Å². The molecule has 2 atom stereocenters. The Balaban J connectivity index is 1.69. The number of hydrogen-bond acceptors (Lipinski definition) is 6. The fourth-order valence-corrected chi connectivity index (χ4v) is 5.15. The molecule has 2 aliphatic rings. The molecule has 3 heterocycles. The molecule has 208 valence electrons. The standard InChI is InChI=1S/C29H29Cl2N5O4/c1-3-39-23-15-25(40-4-2)33-16-22(23)28-34-26(18-5-9-20(30)10-6-18)27(19-7-11-21(31)12-8-19)36(28)29(38)35-14-13-32-24(37)17-35/h5-12,15-16,26-27H,3-4,13-14,17H2,1-2H3,(H,32,37). The van der Waals surface area contributed by atoms with Crippen molar-refractivity contribution >= 4 is 41.0 Å². The first kappa shape index (κ1) is 27.7. The topological polar surface area (TPSA) is 96.4 Å². The van der Waals surface area contributed by atoms with E-state index in [1.165, 1.54) is 4.90 Å². The number of rotatable bonds is 7. The van der Waals surface area contributed by atoms with Crippen LogP contribution in [0.25, 0.3) is 0 Å². The van der Waals surface area contributed by atoms with Gasteiger partial charge in [0.25, 0.3) is 0 Å². The molecule has 1 saturated heterocycles. The maximum atomic E-state index is 14.3. The van der Waals surface area contributed by atoms with Crippen LogP contribution in [0.5, 0.6) is 11.6 Å². The van der Waals surface area contributed by atoms with Crippen molar-refractivity contribution in [1.29, 1.82) is 0 Å². The minimum atomic E-state index is -0.549. The molecule has 1 N–H and O–H groups in total. The number of nitrogens with one attached hydrogen (secondary N) is 1. The number of piperazine rings is 1. The summed E-state index contributed by atoms with van der Waals surface area (Å²) in [6, 6.07) is 15.1. The maximum Gasteiger partial charge on any atom is 0.326 e. The SMILES string of the molecule is CCOc1cc(OCC)c(C2=NC(c3ccc(Cl)cc3)C(c3ccc(Cl)cc3)N2C(=O)N2CCNC(=O)C2)cn1. The Labute approximate surface area is 242 Å². The highest BCUT2D eigenvalue weighted by atomic mass is 35.5. The van der Waals surface area contributed by atoms with Gasteiger partial charge in [-0.15, -0.1) is 0 Å². The number of halogens is 2. The van der Waals surface area contributed by atoms with E-state index < -0.39 is 12.1 Å². The molecule has 0 spiro atoms. The van der Waals surface area contributed by atoms with Crippen LogP contribution < -0.4 is 14.8 Å². The van der Waals surface area contributed by atoms with Crippen LogP contribution in [-0.2, 0) is 4.79 Å². The smallest absolute Gasteiger partial charge is 0.326 e. The van der Waals surface area contributed by atoms with Crippen molar-refractivity contribution in [2.24, 2.45) is 4.99 Å². The second-order valence-electron chi connectivity index (χ2n) is 9.25. The van der Waals surface area contributed by atoms with Gasteiger partial charge in [-0.25, -0.2) is 9.78 Å². The third kappa shape index (κ3) is 5.71. The third-order valence-electron chi connectivity index (χ3n) is 6.68. The number of amides is 3. The van der Waals surface area contributed by atoms with Crippen molar-refractivity contribution in [1.82, 2.24) is 20.1 Å². The average molecular weight is 582 g/mol. The number of nitrogens with zero attached hydrogens (tertiary/aromatic N) is 4. The van der Waals surface area contributed by atoms with Crippen LogP contribution in [0.15, 0.2) is 65.8 Å². The van der Waals surface area contributed by atoms with Gasteiger partial charge in [0.2, 0.25) is 11.8 Å². The van der Waals surface area contributed by atoms with Gasteiger partial charge in [0.1, 0.15) is 24.2 Å². The first-order valence-corrected chi connectivity index (χ1v) is 13.8. The number of ether oxygens (including phenoxy) is 2. The van der Waals surface area contributed by atoms with Crippen LogP contribution in [0.4, 0.5) is 4.79 Å². The summed E-state index contributed by atoms with van der Waals surface area (Å²) in [5, 5.41) is 3.95. The average Bonchev–Trinajstić information content (AvgIpc) is 3.34. The lowest BCUT2D eigenvalue weighted by Crippen LogP contribution is -2.55. The largest absolute Gasteiger partial charge is 0.493 e. The number of urea groups is 1. The van der Waals surface area contributed by atoms with Crippen LogP contribution in [-0.4, -0.2) is 65.4 Å². The number of aromatic nitrogens is 1. The zero-order chi connectivity index (χ0) is 28.2. The minimum Gasteiger partial charge on any atom is -0.493 e. The molecule has 0 radical (unpaired) electrons. The third-order valence-corrected chi connectivity index (χ3v) is 7.18. The lowest BCUT2D eigenvalue weighted by molar-refractivity contribution is -0.123. The van der Waals surface area contributed by atoms with E-state index in [0.29, 0.717) is 59.4 Å². The summed E-state index contributed by atoms with van der Waals surface area (Å²) in [7, 11) is 0. The van der Waals surface area contributed by atoms with Crippen LogP contribution in [0.3, 0.4) is 0 Å². The van der Waals surface area contributed by atoms with Gasteiger partial charge in [-0.3, -0.25) is 14.7 Å². The van der Waals surface area contributed by atoms with Crippen LogP contribution in [0.1, 0.15) is 42.6 Å². The van der Waals surface area contributed by atoms with Crippen molar-refractivity contribution in [3.63, 3.8) is 0 Å². The van der Waals surface area contributed by atoms with Crippen molar-refractivity contribution < 1.29 is 19.1 Å². The molecule has 40 heavy (non-hydrogen) atoms. The van der Waals surface area contributed by atoms with Crippen LogP contribution in [0, 0.1) is 0 Å². The zero-order valence-electron chi connectivity index (χ0n) is 22.1. The fraction of sp³-hybridized carbons (Fsp3) is 0.310. The predicted octanol–water partition coefficient (Wildman–Crippen LogP) is 5.28. The molecule has 3 aromatic rings. The zero-order valence-corrected chi connectivity index (χ0v) is 23.7. The summed E-state index contributed by atoms with van der Waals surface area (Å²) < 4.78 is 11.6. The lowest BCUT2D eigenvalue weighted by atomic mass is 9.93. The first-order chi connectivity index (χ1) is 19.4. The molecule has 2 unspecified atom stereocenters. The maximum absolute atomic E-state index is 14.3. The van der Waals surface area contributed by atoms with E-state index in [0.717, 1.165) is 11.1 Å². The van der Waals surface area contributed by atoms with Gasteiger partial charge in [0.15, 0.2) is 0 Å². The second kappa shape index (κ2) is 12.1. The molecule has 11 heteroatoms. The van der Waals surface area contributed by atoms with Gasteiger partial charge in [0.05, 0.1) is 24.8 Å². The molecule has 2 aliphatic heterocycles. The summed E-state index contributed by atoms with van der Waals surface area (Å²) in [6.07, 6.45) is 1.61. The van der Waals surface area contributed by atoms with Crippen LogP contribution >= 0.6 is 23.2 Å². The number of benzene rings is 2. The van der Waals surface area contributed by atoms with Gasteiger partial charge in [-0.1, -0.05) is 47.5 Å². The number of pyridine rings is 1. The van der Waals surface area contributed by atoms with Gasteiger partial charge in [0, 0.05) is 35.4 Å². The Hall–Kier alpha value is -3.82. The molecular weight excluding hydrogens is 553 g/mol. The van der Waals surface area contributed by atoms with Crippen molar-refractivity contribution in [3.8, 4) is 11.6 Å². The van der Waals surface area contributed by atoms with E-state index in [1.807, 2.05) is 38.1 Å². The van der Waals surface area contributed by atoms with Gasteiger partial charge in [-0.2, -0.15) is 0 Å². The number of aliphatic imine (C=N–C) groups is 1. The summed E-state index contributed by atoms with van der Waals surface area (Å²) in [5.41, 5.74) is 2.23. The normalized spacial score (nSPS) is 18.8. The van der Waals surface area contributed by atoms with Crippen molar-refractivity contribution in [2.75, 3.05) is 32.8 Å². The molecule has 0 bridgehead atoms. The summed E-state index contributed by atoms with van der Waals surface area (Å²) in [4.78, 5) is 39.3. The number of carbonyl (C=O) groups is 2. The summed E-state index contributed by atoms with van der Waals surface area (Å²) >= 11 is 12.4. The molecule has 3 amide bonds. The van der Waals surface area contributed by atoms with Crippen LogP contribution in [0.2, 0.25) is 10.0 Å². The van der Waals surface area contributed by atoms with E-state index in [2.05, 4.69) is 10.3 Å². The molecule has 1 fully saturated rings. The van der Waals surface area contributed by atoms with E-state index in [1.54, 1.807) is 41.4 Å². The Morgan fingerprint density at radius 3 is 2.27 bits per heavy atom. The van der Waals surface area contributed by atoms with E-state index in [4.69, 9.17) is 37.7 Å². The predicted molar refractivity (Wildman–Crippen MR) is 153 cm³/mol. The number of carbonyl (C=O) groups excluding carboxylic acids is 2. The Bertz CT molecular complexity index is 1410. The Morgan fingerprint density at radius 1 is 1.00 bits per heavy atom. The molecule has 0 aliphatic carbocycles. The highest BCUT2D eigenvalue weighted by Crippen LogP contribution is 2.45. The quantitative estimate of drug-likeness (QED) is 0.409. The number of hydrogen-bond donors (Lipinski definition) is 1. The van der Waals surface area contributed by atoms with Gasteiger partial charge in [-0.05, 0) is 49.2 Å². The van der Waals surface area contributed by atoms with Gasteiger partial charge >= 0.3 is 6.03 Å². The Kier molecular flexibility index (Phi) is 8.42. The highest BCUT2D eigenvalue weighted by Gasteiger charge is 2.45. The van der Waals surface area contributed by atoms with E-state index >= 15 is 0 Å². The fourth-order valence-electron chi connectivity index (χ4n) is 4.90. The van der Waals surface area contributed by atoms with Crippen molar-refractivity contribution in [3.05, 3.63) is 87.5 Å². The van der Waals surface area contributed by atoms with E-state index in [-0.39, 0.29) is 18.5 Å². The summed E-state index contributed by atoms with van der Waals surface area (Å²) in [6.45, 7) is 5.26. The monoisotopic (exact) mass is 581 g/mol. The van der Waals surface area contributed by atoms with Gasteiger partial charge < -0.3 is 19.7 Å². The molecule has 1 aromatic heterocycles. The second-order valence-corrected chi connectivity index (χ2v) is 10.1. The number of amidine groups is 1. The lowest BCUT2D eigenvalue weighted by Gasteiger charge is -2.35. The Morgan fingerprint density at radius 2 is 1.65 bits per heavy atom. The summed E-state index contributed by atoms with van der Waals surface area (Å²) in [5.74, 6) is 1.06. The minimum absolute atomic E-state index is 0.0542. The molecule has 9 nitrogen and oxygen atoms in total. The highest BCUT2D eigenvalue weighted by molar-refractivity contribution is 6.30. The molecular formula is C29H29Cl2N5O4. The van der Waals surface area contributed by atoms with E-state index in [9.17, 15) is 9.59 Å².